The van der Waals surface area contributed by atoms with Crippen LogP contribution in [-0.4, -0.2) is 29.2 Å². The van der Waals surface area contributed by atoms with Crippen molar-refractivity contribution in [2.75, 3.05) is 5.32 Å². The first-order valence-corrected chi connectivity index (χ1v) is 9.45. The number of benzene rings is 2. The molecule has 1 atom stereocenters. The topological polar surface area (TPSA) is 120 Å². The molecule has 0 bridgehead atoms. The Morgan fingerprint density at radius 2 is 1.66 bits per heavy atom. The fourth-order valence-corrected chi connectivity index (χ4v) is 2.71. The van der Waals surface area contributed by atoms with Gasteiger partial charge in [0.05, 0.1) is 11.6 Å². The molecule has 3 rings (SSSR count). The van der Waals surface area contributed by atoms with Gasteiger partial charge in [0.1, 0.15) is 0 Å². The number of nitrogens with one attached hydrogen (secondary N) is 4. The van der Waals surface area contributed by atoms with Crippen LogP contribution in [0.25, 0.3) is 0 Å². The highest BCUT2D eigenvalue weighted by Crippen LogP contribution is 2.19. The van der Waals surface area contributed by atoms with E-state index in [1.54, 1.807) is 24.3 Å². The number of carboxylic acids is 1. The molecule has 1 saturated carbocycles. The Morgan fingerprint density at radius 1 is 1.00 bits per heavy atom. The molecule has 1 aliphatic rings. The quantitative estimate of drug-likeness (QED) is 0.493. The number of aromatic carboxylic acids is 1. The van der Waals surface area contributed by atoms with Gasteiger partial charge in [-0.15, -0.1) is 0 Å². The molecule has 29 heavy (non-hydrogen) atoms. The maximum Gasteiger partial charge on any atom is 0.335 e. The van der Waals surface area contributed by atoms with E-state index in [2.05, 4.69) is 21.3 Å². The molecule has 0 aromatic heterocycles. The zero-order chi connectivity index (χ0) is 20.8. The Balaban J connectivity index is 1.44. The number of anilines is 1. The summed E-state index contributed by atoms with van der Waals surface area (Å²) in [6.07, 6.45) is 2.07. The van der Waals surface area contributed by atoms with Crippen LogP contribution in [0.5, 0.6) is 0 Å². The minimum Gasteiger partial charge on any atom is -0.478 e. The molecule has 0 aliphatic heterocycles. The zero-order valence-corrected chi connectivity index (χ0v) is 16.1. The van der Waals surface area contributed by atoms with E-state index < -0.39 is 5.97 Å². The second-order valence-electron chi connectivity index (χ2n) is 7.05. The van der Waals surface area contributed by atoms with Crippen LogP contribution in [0.1, 0.15) is 47.3 Å². The molecule has 0 heterocycles. The fourth-order valence-electron chi connectivity index (χ4n) is 2.71. The number of hydrogen-bond acceptors (Lipinski definition) is 3. The van der Waals surface area contributed by atoms with E-state index in [1.807, 2.05) is 19.1 Å². The van der Waals surface area contributed by atoms with Crippen LogP contribution < -0.4 is 21.3 Å². The average Bonchev–Trinajstić information content (AvgIpc) is 3.51. The third-order valence-electron chi connectivity index (χ3n) is 4.58. The van der Waals surface area contributed by atoms with E-state index in [1.165, 1.54) is 12.1 Å². The van der Waals surface area contributed by atoms with E-state index in [-0.39, 0.29) is 30.2 Å². The van der Waals surface area contributed by atoms with Gasteiger partial charge in [-0.1, -0.05) is 24.3 Å². The van der Waals surface area contributed by atoms with E-state index in [0.717, 1.165) is 24.0 Å². The minimum absolute atomic E-state index is 0.204. The van der Waals surface area contributed by atoms with Gasteiger partial charge >= 0.3 is 18.0 Å². The maximum absolute atomic E-state index is 12.1. The van der Waals surface area contributed by atoms with Gasteiger partial charge in [-0.25, -0.2) is 14.4 Å². The summed E-state index contributed by atoms with van der Waals surface area (Å²) < 4.78 is 0. The summed E-state index contributed by atoms with van der Waals surface area (Å²) in [5.41, 5.74) is 2.60. The Morgan fingerprint density at radius 3 is 2.24 bits per heavy atom. The first-order valence-electron chi connectivity index (χ1n) is 9.45. The maximum atomic E-state index is 12.1. The van der Waals surface area contributed by atoms with Crippen molar-refractivity contribution in [2.24, 2.45) is 0 Å². The third-order valence-corrected chi connectivity index (χ3v) is 4.58. The lowest BCUT2D eigenvalue weighted by molar-refractivity contribution is 0.0696. The average molecular weight is 396 g/mol. The Labute approximate surface area is 168 Å². The standard InChI is InChI=1S/C21H24N4O4/c1-13(15-6-8-17(9-7-15)24-21(29)25-18-10-11-18)23-20(28)22-12-14-2-4-16(5-3-14)19(26)27/h2-9,13,18H,10-12H2,1H3,(H,26,27)(H2,22,23,28)(H2,24,25,29). The van der Waals surface area contributed by atoms with E-state index >= 15 is 0 Å². The van der Waals surface area contributed by atoms with Gasteiger partial charge < -0.3 is 26.4 Å². The van der Waals surface area contributed by atoms with Crippen LogP contribution in [0.3, 0.4) is 0 Å². The summed E-state index contributed by atoms with van der Waals surface area (Å²) in [5, 5.41) is 20.1. The molecule has 0 saturated heterocycles. The number of amides is 4. The normalized spacial score (nSPS) is 13.8. The fraction of sp³-hybridized carbons (Fsp3) is 0.286. The van der Waals surface area contributed by atoms with Crippen molar-refractivity contribution in [2.45, 2.75) is 38.4 Å². The molecule has 4 amide bonds. The highest BCUT2D eigenvalue weighted by atomic mass is 16.4. The van der Waals surface area contributed by atoms with Crippen LogP contribution in [0.4, 0.5) is 15.3 Å². The number of rotatable bonds is 7. The lowest BCUT2D eigenvalue weighted by Crippen LogP contribution is -2.36. The molecule has 0 radical (unpaired) electrons. The van der Waals surface area contributed by atoms with Crippen LogP contribution in [0.2, 0.25) is 0 Å². The Bertz CT molecular complexity index is 877. The van der Waals surface area contributed by atoms with E-state index in [4.69, 9.17) is 5.11 Å². The SMILES string of the molecule is CC(NC(=O)NCc1ccc(C(=O)O)cc1)c1ccc(NC(=O)NC2CC2)cc1. The third kappa shape index (κ3) is 6.24. The molecule has 2 aromatic carbocycles. The highest BCUT2D eigenvalue weighted by molar-refractivity contribution is 5.89. The Hall–Kier alpha value is -3.55. The second-order valence-corrected chi connectivity index (χ2v) is 7.05. The van der Waals surface area contributed by atoms with Crippen LogP contribution >= 0.6 is 0 Å². The van der Waals surface area contributed by atoms with Crippen molar-refractivity contribution in [3.05, 3.63) is 65.2 Å². The number of hydrogen-bond donors (Lipinski definition) is 5. The largest absolute Gasteiger partial charge is 0.478 e. The van der Waals surface area contributed by atoms with Gasteiger partial charge in [0.15, 0.2) is 0 Å². The minimum atomic E-state index is -0.985. The molecule has 1 aliphatic carbocycles. The molecule has 8 nitrogen and oxygen atoms in total. The van der Waals surface area contributed by atoms with Gasteiger partial charge in [0.25, 0.3) is 0 Å². The molecule has 0 spiro atoms. The van der Waals surface area contributed by atoms with Gasteiger partial charge in [-0.2, -0.15) is 0 Å². The van der Waals surface area contributed by atoms with Crippen molar-refractivity contribution in [3.8, 4) is 0 Å². The summed E-state index contributed by atoms with van der Waals surface area (Å²) in [6.45, 7) is 2.15. The second kappa shape index (κ2) is 9.09. The highest BCUT2D eigenvalue weighted by Gasteiger charge is 2.23. The lowest BCUT2D eigenvalue weighted by Gasteiger charge is -2.16. The van der Waals surface area contributed by atoms with Crippen LogP contribution in [-0.2, 0) is 6.54 Å². The van der Waals surface area contributed by atoms with Gasteiger partial charge in [-0.05, 0) is 55.2 Å². The molecule has 152 valence electrons. The van der Waals surface area contributed by atoms with E-state index in [9.17, 15) is 14.4 Å². The predicted molar refractivity (Wildman–Crippen MR) is 109 cm³/mol. The summed E-state index contributed by atoms with van der Waals surface area (Å²) >= 11 is 0. The predicted octanol–water partition coefficient (Wildman–Crippen LogP) is 3.23. The molecular weight excluding hydrogens is 372 g/mol. The van der Waals surface area contributed by atoms with Gasteiger partial charge in [-0.3, -0.25) is 0 Å². The van der Waals surface area contributed by atoms with Crippen molar-refractivity contribution in [3.63, 3.8) is 0 Å². The number of urea groups is 2. The monoisotopic (exact) mass is 396 g/mol. The first kappa shape index (κ1) is 20.2. The Kier molecular flexibility index (Phi) is 6.33. The summed E-state index contributed by atoms with van der Waals surface area (Å²) in [6, 6.07) is 13.2. The summed E-state index contributed by atoms with van der Waals surface area (Å²) in [4.78, 5) is 34.7. The van der Waals surface area contributed by atoms with Crippen molar-refractivity contribution in [1.29, 1.82) is 0 Å². The van der Waals surface area contributed by atoms with Crippen LogP contribution in [0, 0.1) is 0 Å². The number of carboxylic acid groups (broad SMARTS) is 1. The van der Waals surface area contributed by atoms with Crippen molar-refractivity contribution in [1.82, 2.24) is 16.0 Å². The van der Waals surface area contributed by atoms with Gasteiger partial charge in [0.2, 0.25) is 0 Å². The number of carbonyl (C=O) groups excluding carboxylic acids is 2. The summed E-state index contributed by atoms with van der Waals surface area (Å²) in [7, 11) is 0. The first-order chi connectivity index (χ1) is 13.9. The number of carbonyl (C=O) groups is 3. The lowest BCUT2D eigenvalue weighted by atomic mass is 10.1. The molecule has 8 heteroatoms. The van der Waals surface area contributed by atoms with Gasteiger partial charge in [0, 0.05) is 18.3 Å². The van der Waals surface area contributed by atoms with Crippen molar-refractivity contribution < 1.29 is 19.5 Å². The zero-order valence-electron chi connectivity index (χ0n) is 16.1. The van der Waals surface area contributed by atoms with E-state index in [0.29, 0.717) is 11.7 Å². The van der Waals surface area contributed by atoms with Crippen molar-refractivity contribution >= 4 is 23.7 Å². The molecule has 1 unspecified atom stereocenters. The molecule has 1 fully saturated rings. The van der Waals surface area contributed by atoms with Crippen LogP contribution in [0.15, 0.2) is 48.5 Å². The summed E-state index contributed by atoms with van der Waals surface area (Å²) in [5.74, 6) is -0.985. The molecule has 2 aromatic rings. The molecule has 5 N–H and O–H groups in total. The molecular formula is C21H24N4O4. The smallest absolute Gasteiger partial charge is 0.335 e.